The maximum Gasteiger partial charge on any atom is 0.322 e. The van der Waals surface area contributed by atoms with Gasteiger partial charge in [-0.1, -0.05) is 15.9 Å². The fourth-order valence-corrected chi connectivity index (χ4v) is 2.68. The van der Waals surface area contributed by atoms with Crippen LogP contribution in [0.15, 0.2) is 33.6 Å². The van der Waals surface area contributed by atoms with Gasteiger partial charge >= 0.3 is 11.9 Å². The zero-order valence-corrected chi connectivity index (χ0v) is 11.8. The summed E-state index contributed by atoms with van der Waals surface area (Å²) >= 11 is 3.13. The van der Waals surface area contributed by atoms with Crippen molar-refractivity contribution in [3.8, 4) is 0 Å². The third-order valence-corrected chi connectivity index (χ3v) is 4.11. The van der Waals surface area contributed by atoms with Crippen molar-refractivity contribution < 1.29 is 28.2 Å². The molecule has 1 rings (SSSR count). The number of carboxylic acids is 2. The van der Waals surface area contributed by atoms with E-state index in [4.69, 9.17) is 10.2 Å². The molecule has 1 aromatic carbocycles. The molecule has 0 aliphatic rings. The molecule has 0 saturated heterocycles. The van der Waals surface area contributed by atoms with Gasteiger partial charge in [-0.3, -0.25) is 9.59 Å². The molecule has 0 amide bonds. The summed E-state index contributed by atoms with van der Waals surface area (Å²) in [7, 11) is -4.08. The number of hydrogen-bond acceptors (Lipinski definition) is 4. The summed E-state index contributed by atoms with van der Waals surface area (Å²) in [6.45, 7) is 0. The molecule has 1 atom stereocenters. The number of carboxylic acid groups (broad SMARTS) is 2. The topological polar surface area (TPSA) is 121 Å². The third-order valence-electron chi connectivity index (χ3n) is 2.10. The van der Waals surface area contributed by atoms with E-state index < -0.39 is 34.4 Å². The zero-order chi connectivity index (χ0) is 14.6. The number of carbonyl (C=O) groups is 2. The lowest BCUT2D eigenvalue weighted by molar-refractivity contribution is -0.145. The maximum absolute atomic E-state index is 11.9. The first kappa shape index (κ1) is 15.6. The summed E-state index contributed by atoms with van der Waals surface area (Å²) in [6, 6.07) is 3.77. The predicted octanol–water partition coefficient (Wildman–Crippen LogP) is 0.655. The molecule has 0 bridgehead atoms. The molecule has 1 aromatic rings. The molecule has 19 heavy (non-hydrogen) atoms. The van der Waals surface area contributed by atoms with Crippen molar-refractivity contribution in [1.82, 2.24) is 4.72 Å². The molecule has 0 aliphatic heterocycles. The van der Waals surface area contributed by atoms with E-state index >= 15 is 0 Å². The van der Waals surface area contributed by atoms with Crippen LogP contribution >= 0.6 is 15.9 Å². The molecule has 7 nitrogen and oxygen atoms in total. The Morgan fingerprint density at radius 2 is 1.74 bits per heavy atom. The maximum atomic E-state index is 11.9. The van der Waals surface area contributed by atoms with E-state index in [1.807, 2.05) is 4.72 Å². The van der Waals surface area contributed by atoms with E-state index in [0.717, 1.165) is 0 Å². The largest absolute Gasteiger partial charge is 0.481 e. The van der Waals surface area contributed by atoms with E-state index in [9.17, 15) is 18.0 Å². The Labute approximate surface area is 117 Å². The van der Waals surface area contributed by atoms with Gasteiger partial charge in [-0.2, -0.15) is 4.72 Å². The number of benzene rings is 1. The average molecular weight is 352 g/mol. The van der Waals surface area contributed by atoms with E-state index in [1.54, 1.807) is 0 Å². The Morgan fingerprint density at radius 1 is 1.21 bits per heavy atom. The normalized spacial score (nSPS) is 12.9. The van der Waals surface area contributed by atoms with Crippen molar-refractivity contribution in [3.05, 3.63) is 28.7 Å². The Kier molecular flexibility index (Phi) is 5.04. The lowest BCUT2D eigenvalue weighted by Crippen LogP contribution is -2.42. The highest BCUT2D eigenvalue weighted by atomic mass is 79.9. The van der Waals surface area contributed by atoms with E-state index in [1.165, 1.54) is 24.3 Å². The number of nitrogens with one attached hydrogen (secondary N) is 1. The Balaban J connectivity index is 2.97. The summed E-state index contributed by atoms with van der Waals surface area (Å²) in [5.74, 6) is -2.96. The van der Waals surface area contributed by atoms with Crippen LogP contribution in [-0.4, -0.2) is 36.6 Å². The van der Waals surface area contributed by atoms with Gasteiger partial charge in [-0.15, -0.1) is 0 Å². The number of halogens is 1. The van der Waals surface area contributed by atoms with Gasteiger partial charge in [0.15, 0.2) is 0 Å². The number of rotatable bonds is 6. The second-order valence-electron chi connectivity index (χ2n) is 3.56. The molecular weight excluding hydrogens is 342 g/mol. The molecule has 3 N–H and O–H groups in total. The summed E-state index contributed by atoms with van der Waals surface area (Å²) in [5.41, 5.74) is 0. The fourth-order valence-electron chi connectivity index (χ4n) is 1.22. The van der Waals surface area contributed by atoms with Crippen LogP contribution in [0.4, 0.5) is 0 Å². The van der Waals surface area contributed by atoms with Crippen LogP contribution in [0.1, 0.15) is 6.42 Å². The van der Waals surface area contributed by atoms with Gasteiger partial charge in [0, 0.05) is 4.47 Å². The van der Waals surface area contributed by atoms with Crippen LogP contribution in [-0.2, 0) is 19.6 Å². The van der Waals surface area contributed by atoms with Crippen LogP contribution < -0.4 is 4.72 Å². The third kappa shape index (κ3) is 4.62. The lowest BCUT2D eigenvalue weighted by Gasteiger charge is -2.12. The minimum atomic E-state index is -4.08. The standard InChI is InChI=1S/C10H10BrNO6S/c11-6-1-3-7(4-2-6)19(17,18)12-8(10(15)16)5-9(13)14/h1-4,8,12H,5H2,(H,13,14)(H,15,16)/t8-/m0/s1. The molecule has 0 fully saturated rings. The van der Waals surface area contributed by atoms with Crippen molar-refractivity contribution in [3.63, 3.8) is 0 Å². The van der Waals surface area contributed by atoms with Gasteiger partial charge in [-0.05, 0) is 24.3 Å². The van der Waals surface area contributed by atoms with Crippen molar-refractivity contribution in [2.45, 2.75) is 17.4 Å². The predicted molar refractivity (Wildman–Crippen MR) is 68.1 cm³/mol. The van der Waals surface area contributed by atoms with Gasteiger partial charge in [0.05, 0.1) is 11.3 Å². The molecule has 0 spiro atoms. The lowest BCUT2D eigenvalue weighted by atomic mass is 10.2. The van der Waals surface area contributed by atoms with Crippen LogP contribution in [0.25, 0.3) is 0 Å². The number of aliphatic carboxylic acids is 2. The Bertz CT molecular complexity index is 583. The highest BCUT2D eigenvalue weighted by Gasteiger charge is 2.27. The molecule has 104 valence electrons. The fraction of sp³-hybridized carbons (Fsp3) is 0.200. The van der Waals surface area contributed by atoms with Crippen LogP contribution in [0.5, 0.6) is 0 Å². The molecule has 0 unspecified atom stereocenters. The van der Waals surface area contributed by atoms with Crippen molar-refractivity contribution in [2.75, 3.05) is 0 Å². The first-order chi connectivity index (χ1) is 8.72. The average Bonchev–Trinajstić information content (AvgIpc) is 2.27. The zero-order valence-electron chi connectivity index (χ0n) is 9.41. The second-order valence-corrected chi connectivity index (χ2v) is 6.19. The van der Waals surface area contributed by atoms with Gasteiger partial charge < -0.3 is 10.2 Å². The molecule has 0 saturated carbocycles. The summed E-state index contributed by atoms with van der Waals surface area (Å²) < 4.78 is 26.2. The monoisotopic (exact) mass is 351 g/mol. The quantitative estimate of drug-likeness (QED) is 0.692. The molecule has 0 heterocycles. The molecule has 0 aliphatic carbocycles. The van der Waals surface area contributed by atoms with Crippen molar-refractivity contribution in [1.29, 1.82) is 0 Å². The smallest absolute Gasteiger partial charge is 0.322 e. The minimum absolute atomic E-state index is 0.146. The van der Waals surface area contributed by atoms with Gasteiger partial charge in [-0.25, -0.2) is 8.42 Å². The van der Waals surface area contributed by atoms with Crippen LogP contribution in [0, 0.1) is 0 Å². The molecular formula is C10H10BrNO6S. The molecule has 9 heteroatoms. The van der Waals surface area contributed by atoms with Crippen LogP contribution in [0.2, 0.25) is 0 Å². The van der Waals surface area contributed by atoms with Gasteiger partial charge in [0.25, 0.3) is 0 Å². The van der Waals surface area contributed by atoms with Gasteiger partial charge in [0.1, 0.15) is 6.04 Å². The summed E-state index contributed by atoms with van der Waals surface area (Å²) in [6.07, 6.45) is -0.842. The Morgan fingerprint density at radius 3 is 2.16 bits per heavy atom. The minimum Gasteiger partial charge on any atom is -0.481 e. The Hall–Kier alpha value is -1.45. The first-order valence-corrected chi connectivity index (χ1v) is 7.22. The van der Waals surface area contributed by atoms with Crippen molar-refractivity contribution >= 4 is 37.9 Å². The summed E-state index contributed by atoms with van der Waals surface area (Å²) in [5, 5.41) is 17.3. The molecule has 0 radical (unpaired) electrons. The highest BCUT2D eigenvalue weighted by molar-refractivity contribution is 9.10. The first-order valence-electron chi connectivity index (χ1n) is 4.95. The van der Waals surface area contributed by atoms with Crippen LogP contribution in [0.3, 0.4) is 0 Å². The van der Waals surface area contributed by atoms with E-state index in [0.29, 0.717) is 4.47 Å². The summed E-state index contributed by atoms with van der Waals surface area (Å²) in [4.78, 5) is 21.1. The number of hydrogen-bond donors (Lipinski definition) is 3. The SMILES string of the molecule is O=C(O)C[C@H](NS(=O)(=O)c1ccc(Br)cc1)C(=O)O. The van der Waals surface area contributed by atoms with Gasteiger partial charge in [0.2, 0.25) is 10.0 Å². The molecule has 0 aromatic heterocycles. The highest BCUT2D eigenvalue weighted by Crippen LogP contribution is 2.15. The van der Waals surface area contributed by atoms with Crippen molar-refractivity contribution in [2.24, 2.45) is 0 Å². The second kappa shape index (κ2) is 6.13. The van der Waals surface area contributed by atoms with E-state index in [-0.39, 0.29) is 4.90 Å². The number of sulfonamides is 1. The van der Waals surface area contributed by atoms with E-state index in [2.05, 4.69) is 15.9 Å².